The van der Waals surface area contributed by atoms with Crippen LogP contribution in [0.4, 0.5) is 0 Å². The van der Waals surface area contributed by atoms with Crippen LogP contribution in [-0.2, 0) is 6.42 Å². The largest absolute Gasteiger partial charge is 0.250 e. The zero-order valence-corrected chi connectivity index (χ0v) is 9.94. The molecule has 0 aromatic carbocycles. The second kappa shape index (κ2) is 4.32. The van der Waals surface area contributed by atoms with Crippen molar-refractivity contribution in [3.63, 3.8) is 0 Å². The van der Waals surface area contributed by atoms with Crippen LogP contribution >= 0.6 is 11.3 Å². The Morgan fingerprint density at radius 2 is 2.20 bits per heavy atom. The van der Waals surface area contributed by atoms with Crippen molar-refractivity contribution in [2.45, 2.75) is 45.4 Å². The van der Waals surface area contributed by atoms with E-state index in [1.807, 2.05) is 13.1 Å². The number of hydrogen-bond donors (Lipinski definition) is 0. The Hall–Kier alpha value is -0.880. The minimum absolute atomic E-state index is 0.0861. The predicted octanol–water partition coefficient (Wildman–Crippen LogP) is 3.47. The van der Waals surface area contributed by atoms with Gasteiger partial charge in [-0.3, -0.25) is 0 Å². The fraction of sp³-hybridized carbons (Fsp3) is 0.667. The molecular weight excluding hydrogens is 204 g/mol. The average molecular weight is 220 g/mol. The first-order valence-electron chi connectivity index (χ1n) is 5.57. The number of rotatable bonds is 2. The number of nitriles is 1. The molecule has 1 aliphatic carbocycles. The number of aromatic nitrogens is 1. The van der Waals surface area contributed by atoms with Crippen molar-refractivity contribution in [3.05, 3.63) is 16.1 Å². The van der Waals surface area contributed by atoms with E-state index in [4.69, 9.17) is 0 Å². The lowest BCUT2D eigenvalue weighted by atomic mass is 9.73. The van der Waals surface area contributed by atoms with E-state index in [2.05, 4.69) is 11.1 Å². The molecule has 0 saturated heterocycles. The van der Waals surface area contributed by atoms with Gasteiger partial charge in [-0.2, -0.15) is 5.26 Å². The molecule has 0 bridgehead atoms. The summed E-state index contributed by atoms with van der Waals surface area (Å²) in [6, 6.07) is 2.55. The minimum atomic E-state index is -0.0861. The van der Waals surface area contributed by atoms with E-state index >= 15 is 0 Å². The molecule has 1 heterocycles. The van der Waals surface area contributed by atoms with Crippen LogP contribution in [0.25, 0.3) is 0 Å². The first kappa shape index (κ1) is 10.6. The molecule has 0 spiro atoms. The van der Waals surface area contributed by atoms with E-state index in [1.54, 1.807) is 11.3 Å². The van der Waals surface area contributed by atoms with Gasteiger partial charge in [0.2, 0.25) is 0 Å². The molecule has 2 nitrogen and oxygen atoms in total. The van der Waals surface area contributed by atoms with Gasteiger partial charge in [0.1, 0.15) is 0 Å². The van der Waals surface area contributed by atoms with Crippen molar-refractivity contribution in [1.82, 2.24) is 4.98 Å². The standard InChI is InChI=1S/C12H16N2S/c1-10-14-8-11(15-10)7-12(9-13)5-3-2-4-6-12/h8H,2-7H2,1H3. The third kappa shape index (κ3) is 2.38. The van der Waals surface area contributed by atoms with Crippen molar-refractivity contribution in [2.75, 3.05) is 0 Å². The zero-order valence-electron chi connectivity index (χ0n) is 9.12. The highest BCUT2D eigenvalue weighted by Gasteiger charge is 2.32. The lowest BCUT2D eigenvalue weighted by Gasteiger charge is -2.29. The van der Waals surface area contributed by atoms with Crippen molar-refractivity contribution >= 4 is 11.3 Å². The lowest BCUT2D eigenvalue weighted by Crippen LogP contribution is -2.24. The van der Waals surface area contributed by atoms with Gasteiger partial charge in [-0.05, 0) is 19.8 Å². The van der Waals surface area contributed by atoms with Gasteiger partial charge in [0, 0.05) is 17.5 Å². The quantitative estimate of drug-likeness (QED) is 0.765. The monoisotopic (exact) mass is 220 g/mol. The molecule has 3 heteroatoms. The number of aryl methyl sites for hydroxylation is 1. The van der Waals surface area contributed by atoms with Crippen LogP contribution in [0.3, 0.4) is 0 Å². The summed E-state index contributed by atoms with van der Waals surface area (Å²) in [6.07, 6.45) is 8.71. The van der Waals surface area contributed by atoms with Gasteiger partial charge in [0.25, 0.3) is 0 Å². The van der Waals surface area contributed by atoms with E-state index in [0.29, 0.717) is 0 Å². The Morgan fingerprint density at radius 1 is 1.47 bits per heavy atom. The number of hydrogen-bond acceptors (Lipinski definition) is 3. The van der Waals surface area contributed by atoms with Gasteiger partial charge < -0.3 is 0 Å². The Balaban J connectivity index is 2.11. The van der Waals surface area contributed by atoms with Crippen LogP contribution in [0.1, 0.15) is 42.0 Å². The first-order valence-corrected chi connectivity index (χ1v) is 6.38. The van der Waals surface area contributed by atoms with Gasteiger partial charge in [0.15, 0.2) is 0 Å². The smallest absolute Gasteiger partial charge is 0.0896 e. The van der Waals surface area contributed by atoms with E-state index in [0.717, 1.165) is 24.3 Å². The Labute approximate surface area is 95.0 Å². The van der Waals surface area contributed by atoms with Crippen molar-refractivity contribution in [1.29, 1.82) is 5.26 Å². The summed E-state index contributed by atoms with van der Waals surface area (Å²) >= 11 is 1.73. The molecule has 0 N–H and O–H groups in total. The fourth-order valence-corrected chi connectivity index (χ4v) is 3.32. The third-order valence-corrected chi connectivity index (χ3v) is 4.14. The third-order valence-electron chi connectivity index (χ3n) is 3.23. The first-order chi connectivity index (χ1) is 7.24. The molecule has 1 aromatic rings. The summed E-state index contributed by atoms with van der Waals surface area (Å²) in [4.78, 5) is 5.53. The molecule has 0 amide bonds. The normalized spacial score (nSPS) is 19.7. The molecule has 1 aromatic heterocycles. The zero-order chi connectivity index (χ0) is 10.7. The molecule has 1 aliphatic rings. The summed E-state index contributed by atoms with van der Waals surface area (Å²) in [5.41, 5.74) is -0.0861. The van der Waals surface area contributed by atoms with Crippen LogP contribution < -0.4 is 0 Å². The van der Waals surface area contributed by atoms with Gasteiger partial charge in [0.05, 0.1) is 16.5 Å². The molecule has 0 unspecified atom stereocenters. The SMILES string of the molecule is Cc1ncc(CC2(C#N)CCCCC2)s1. The number of nitrogens with zero attached hydrogens (tertiary/aromatic N) is 2. The van der Waals surface area contributed by atoms with E-state index in [9.17, 15) is 5.26 Å². The summed E-state index contributed by atoms with van der Waals surface area (Å²) in [5.74, 6) is 0. The topological polar surface area (TPSA) is 36.7 Å². The second-order valence-corrected chi connectivity index (χ2v) is 5.79. The van der Waals surface area contributed by atoms with Gasteiger partial charge in [-0.1, -0.05) is 19.3 Å². The molecule has 0 radical (unpaired) electrons. The molecule has 2 rings (SSSR count). The molecule has 1 saturated carbocycles. The van der Waals surface area contributed by atoms with Crippen molar-refractivity contribution in [2.24, 2.45) is 5.41 Å². The minimum Gasteiger partial charge on any atom is -0.250 e. The molecule has 1 fully saturated rings. The maximum Gasteiger partial charge on any atom is 0.0896 e. The van der Waals surface area contributed by atoms with Crippen LogP contribution in [0.5, 0.6) is 0 Å². The second-order valence-electron chi connectivity index (χ2n) is 4.48. The van der Waals surface area contributed by atoms with Crippen LogP contribution in [0.15, 0.2) is 6.20 Å². The molecule has 0 atom stereocenters. The van der Waals surface area contributed by atoms with Crippen molar-refractivity contribution in [3.8, 4) is 6.07 Å². The van der Waals surface area contributed by atoms with E-state index in [1.165, 1.54) is 24.1 Å². The Morgan fingerprint density at radius 3 is 2.73 bits per heavy atom. The maximum absolute atomic E-state index is 9.34. The van der Waals surface area contributed by atoms with Gasteiger partial charge in [-0.25, -0.2) is 4.98 Å². The lowest BCUT2D eigenvalue weighted by molar-refractivity contribution is 0.267. The van der Waals surface area contributed by atoms with Crippen molar-refractivity contribution < 1.29 is 0 Å². The van der Waals surface area contributed by atoms with Gasteiger partial charge in [-0.15, -0.1) is 11.3 Å². The summed E-state index contributed by atoms with van der Waals surface area (Å²) in [7, 11) is 0. The highest BCUT2D eigenvalue weighted by Crippen LogP contribution is 2.39. The summed E-state index contributed by atoms with van der Waals surface area (Å²) < 4.78 is 0. The highest BCUT2D eigenvalue weighted by atomic mass is 32.1. The highest BCUT2D eigenvalue weighted by molar-refractivity contribution is 7.11. The molecule has 80 valence electrons. The Kier molecular flexibility index (Phi) is 3.06. The number of thiazole rings is 1. The summed E-state index contributed by atoms with van der Waals surface area (Å²) in [5, 5.41) is 10.4. The van der Waals surface area contributed by atoms with Crippen LogP contribution in [0, 0.1) is 23.7 Å². The van der Waals surface area contributed by atoms with E-state index < -0.39 is 0 Å². The van der Waals surface area contributed by atoms with Gasteiger partial charge >= 0.3 is 0 Å². The van der Waals surface area contributed by atoms with Crippen LogP contribution in [0.2, 0.25) is 0 Å². The summed E-state index contributed by atoms with van der Waals surface area (Å²) in [6.45, 7) is 2.02. The molecule has 0 aliphatic heterocycles. The van der Waals surface area contributed by atoms with Crippen LogP contribution in [-0.4, -0.2) is 4.98 Å². The maximum atomic E-state index is 9.34. The molecule has 15 heavy (non-hydrogen) atoms. The fourth-order valence-electron chi connectivity index (χ4n) is 2.38. The average Bonchev–Trinajstić information content (AvgIpc) is 2.65. The van der Waals surface area contributed by atoms with E-state index in [-0.39, 0.29) is 5.41 Å². The molecular formula is C12H16N2S. The Bertz CT molecular complexity index is 369. The predicted molar refractivity (Wildman–Crippen MR) is 61.7 cm³/mol.